The molecule has 7 heavy (non-hydrogen) atoms. The van der Waals surface area contributed by atoms with Gasteiger partial charge in [0, 0.05) is 0 Å². The summed E-state index contributed by atoms with van der Waals surface area (Å²) in [7, 11) is 0. The van der Waals surface area contributed by atoms with Crippen LogP contribution in [0.4, 0.5) is 0 Å². The molecular weight excluding hydrogens is 131 g/mol. The molecule has 0 fully saturated rings. The van der Waals surface area contributed by atoms with Crippen LogP contribution in [0.2, 0.25) is 0 Å². The fourth-order valence-electron chi connectivity index (χ4n) is 0.342. The van der Waals surface area contributed by atoms with Crippen LogP contribution in [0.15, 0.2) is 30.3 Å². The average Bonchev–Trinajstić information content (AvgIpc) is 1.72. The second kappa shape index (κ2) is 3.90. The second-order valence-corrected chi connectivity index (χ2v) is 1.08. The summed E-state index contributed by atoms with van der Waals surface area (Å²) in [4.78, 5) is 0. The van der Waals surface area contributed by atoms with Crippen molar-refractivity contribution in [2.75, 3.05) is 0 Å². The van der Waals surface area contributed by atoms with E-state index in [1.54, 1.807) is 0 Å². The van der Waals surface area contributed by atoms with Crippen molar-refractivity contribution in [3.8, 4) is 0 Å². The first-order chi connectivity index (χ1) is 3.00. The van der Waals surface area contributed by atoms with E-state index in [2.05, 4.69) is 6.07 Å². The molecule has 0 N–H and O–H groups in total. The molecule has 0 aliphatic rings. The van der Waals surface area contributed by atoms with Gasteiger partial charge < -0.3 is 0 Å². The Morgan fingerprint density at radius 1 is 0.857 bits per heavy atom. The van der Waals surface area contributed by atoms with E-state index in [-0.39, 0.29) is 16.8 Å². The Morgan fingerprint density at radius 2 is 1.43 bits per heavy atom. The van der Waals surface area contributed by atoms with Crippen LogP contribution in [0.1, 0.15) is 0 Å². The van der Waals surface area contributed by atoms with Gasteiger partial charge in [0.2, 0.25) is 0 Å². The van der Waals surface area contributed by atoms with Gasteiger partial charge in [-0.15, -0.1) is 0 Å². The van der Waals surface area contributed by atoms with Gasteiger partial charge in [-0.1, -0.05) is 0 Å². The third kappa shape index (κ3) is 2.43. The molecule has 1 aromatic carbocycles. The number of hydrogen-bond donors (Lipinski definition) is 0. The molecular formula is C6H5Co+. The zero-order valence-electron chi connectivity index (χ0n) is 3.72. The van der Waals surface area contributed by atoms with Gasteiger partial charge in [0.25, 0.3) is 0 Å². The molecule has 0 bridgehead atoms. The van der Waals surface area contributed by atoms with Gasteiger partial charge >= 0.3 is 16.8 Å². The first kappa shape index (κ1) is 6.73. The molecule has 0 aliphatic heterocycles. The summed E-state index contributed by atoms with van der Waals surface area (Å²) in [6.45, 7) is 0. The SMILES string of the molecule is [Co+2].[c-]1ccccc1. The summed E-state index contributed by atoms with van der Waals surface area (Å²) < 4.78 is 0. The molecule has 0 amide bonds. The van der Waals surface area contributed by atoms with E-state index in [4.69, 9.17) is 0 Å². The molecule has 0 aliphatic carbocycles. The van der Waals surface area contributed by atoms with E-state index in [1.165, 1.54) is 0 Å². The van der Waals surface area contributed by atoms with Gasteiger partial charge in [0.05, 0.1) is 0 Å². The Hall–Kier alpha value is -0.274. The fourth-order valence-corrected chi connectivity index (χ4v) is 0.342. The third-order valence-corrected chi connectivity index (χ3v) is 0.607. The van der Waals surface area contributed by atoms with E-state index in [1.807, 2.05) is 30.3 Å². The molecule has 0 saturated carbocycles. The Labute approximate surface area is 53.8 Å². The van der Waals surface area contributed by atoms with Gasteiger partial charge in [-0.2, -0.15) is 36.4 Å². The molecule has 1 rings (SSSR count). The van der Waals surface area contributed by atoms with E-state index >= 15 is 0 Å². The Balaban J connectivity index is 0.000000360. The molecule has 1 aromatic rings. The smallest absolute Gasteiger partial charge is 0.184 e. The van der Waals surface area contributed by atoms with Crippen LogP contribution < -0.4 is 0 Å². The van der Waals surface area contributed by atoms with Crippen LogP contribution >= 0.6 is 0 Å². The van der Waals surface area contributed by atoms with Crippen molar-refractivity contribution in [1.82, 2.24) is 0 Å². The Morgan fingerprint density at radius 3 is 1.57 bits per heavy atom. The largest absolute Gasteiger partial charge is 2.00 e. The molecule has 0 saturated heterocycles. The van der Waals surface area contributed by atoms with Crippen LogP contribution in [0.25, 0.3) is 0 Å². The van der Waals surface area contributed by atoms with Crippen LogP contribution in [-0.2, 0) is 16.8 Å². The first-order valence-electron chi connectivity index (χ1n) is 1.91. The summed E-state index contributed by atoms with van der Waals surface area (Å²) in [6, 6.07) is 12.5. The standard InChI is InChI=1S/C6H5.Co/c1-2-4-6-5-3-1;/h1-5H;/q-1;+2. The number of benzene rings is 1. The van der Waals surface area contributed by atoms with E-state index in [9.17, 15) is 0 Å². The molecule has 0 nitrogen and oxygen atoms in total. The van der Waals surface area contributed by atoms with Gasteiger partial charge in [-0.3, -0.25) is 0 Å². The van der Waals surface area contributed by atoms with Crippen LogP contribution in [0.5, 0.6) is 0 Å². The minimum Gasteiger partial charge on any atom is -0.184 e. The molecule has 0 spiro atoms. The molecule has 1 heteroatoms. The summed E-state index contributed by atoms with van der Waals surface area (Å²) >= 11 is 0. The topological polar surface area (TPSA) is 0 Å². The monoisotopic (exact) mass is 136 g/mol. The fraction of sp³-hybridized carbons (Fsp3) is 0. The summed E-state index contributed by atoms with van der Waals surface area (Å²) in [5.41, 5.74) is 0. The summed E-state index contributed by atoms with van der Waals surface area (Å²) in [5.74, 6) is 0. The molecule has 0 atom stereocenters. The minimum absolute atomic E-state index is 0. The van der Waals surface area contributed by atoms with Crippen LogP contribution in [0.3, 0.4) is 0 Å². The minimum atomic E-state index is 0. The van der Waals surface area contributed by atoms with E-state index < -0.39 is 0 Å². The summed E-state index contributed by atoms with van der Waals surface area (Å²) in [6.07, 6.45) is 0. The van der Waals surface area contributed by atoms with Crippen LogP contribution in [-0.4, -0.2) is 0 Å². The average molecular weight is 136 g/mol. The van der Waals surface area contributed by atoms with Gasteiger partial charge in [-0.25, -0.2) is 0 Å². The molecule has 0 unspecified atom stereocenters. The van der Waals surface area contributed by atoms with E-state index in [0.29, 0.717) is 0 Å². The van der Waals surface area contributed by atoms with Crippen molar-refractivity contribution in [3.63, 3.8) is 0 Å². The zero-order valence-corrected chi connectivity index (χ0v) is 4.76. The maximum absolute atomic E-state index is 2.89. The molecule has 0 heterocycles. The second-order valence-electron chi connectivity index (χ2n) is 1.08. The van der Waals surface area contributed by atoms with Crippen molar-refractivity contribution >= 4 is 0 Å². The van der Waals surface area contributed by atoms with Crippen molar-refractivity contribution in [2.45, 2.75) is 0 Å². The molecule has 0 aromatic heterocycles. The normalized spacial score (nSPS) is 6.86. The van der Waals surface area contributed by atoms with Crippen molar-refractivity contribution < 1.29 is 16.8 Å². The quantitative estimate of drug-likeness (QED) is 0.474. The Kier molecular flexibility index (Phi) is 3.75. The van der Waals surface area contributed by atoms with Crippen molar-refractivity contribution in [3.05, 3.63) is 36.4 Å². The number of rotatable bonds is 0. The van der Waals surface area contributed by atoms with Gasteiger partial charge in [-0.05, 0) is 0 Å². The maximum Gasteiger partial charge on any atom is 2.00 e. The van der Waals surface area contributed by atoms with Gasteiger partial charge in [0.15, 0.2) is 0 Å². The maximum atomic E-state index is 2.89. The van der Waals surface area contributed by atoms with Crippen molar-refractivity contribution in [1.29, 1.82) is 0 Å². The first-order valence-corrected chi connectivity index (χ1v) is 1.91. The van der Waals surface area contributed by atoms with E-state index in [0.717, 1.165) is 0 Å². The Bertz CT molecular complexity index is 76.1. The van der Waals surface area contributed by atoms with Crippen LogP contribution in [0, 0.1) is 6.07 Å². The zero-order chi connectivity index (χ0) is 4.24. The van der Waals surface area contributed by atoms with Crippen molar-refractivity contribution in [2.24, 2.45) is 0 Å². The predicted molar refractivity (Wildman–Crippen MR) is 25.3 cm³/mol. The number of hydrogen-bond acceptors (Lipinski definition) is 0. The molecule has 37 valence electrons. The predicted octanol–water partition coefficient (Wildman–Crippen LogP) is 1.48. The van der Waals surface area contributed by atoms with Gasteiger partial charge in [0.1, 0.15) is 0 Å². The third-order valence-electron chi connectivity index (χ3n) is 0.607. The molecule has 1 radical (unpaired) electrons. The summed E-state index contributed by atoms with van der Waals surface area (Å²) in [5, 5.41) is 0.